The monoisotopic (exact) mass is 446 g/mol. The molecular weight excluding hydrogens is 416 g/mol. The molecule has 0 radical (unpaired) electrons. The quantitative estimate of drug-likeness (QED) is 0.598. The minimum atomic E-state index is -3.46. The molecule has 1 aliphatic rings. The van der Waals surface area contributed by atoms with Gasteiger partial charge >= 0.3 is 0 Å². The zero-order valence-electron chi connectivity index (χ0n) is 18.0. The van der Waals surface area contributed by atoms with Gasteiger partial charge in [0.1, 0.15) is 11.5 Å². The van der Waals surface area contributed by atoms with E-state index in [0.717, 1.165) is 36.8 Å². The fraction of sp³-hybridized carbons (Fsp3) is 0.435. The average molecular weight is 447 g/mol. The third kappa shape index (κ3) is 6.13. The Morgan fingerprint density at radius 1 is 1.19 bits per heavy atom. The van der Waals surface area contributed by atoms with Gasteiger partial charge in [-0.2, -0.15) is 0 Å². The van der Waals surface area contributed by atoms with E-state index in [1.807, 2.05) is 24.3 Å². The fourth-order valence-electron chi connectivity index (χ4n) is 3.53. The van der Waals surface area contributed by atoms with E-state index in [1.54, 1.807) is 24.3 Å². The SMILES string of the molecule is CCCOc1ccccc1CCCNC(=O)[C@H]1CCN(S(C)(=O)=O)c2ccccc2O1. The van der Waals surface area contributed by atoms with Crippen molar-refractivity contribution < 1.29 is 22.7 Å². The number of aryl methyl sites for hydroxylation is 1. The molecule has 1 amide bonds. The molecule has 1 atom stereocenters. The van der Waals surface area contributed by atoms with Crippen molar-refractivity contribution in [2.24, 2.45) is 0 Å². The Kier molecular flexibility index (Phi) is 7.79. The first-order valence-corrected chi connectivity index (χ1v) is 12.5. The van der Waals surface area contributed by atoms with E-state index in [9.17, 15) is 13.2 Å². The number of anilines is 1. The number of carbonyl (C=O) groups excluding carboxylic acids is 1. The highest BCUT2D eigenvalue weighted by Crippen LogP contribution is 2.33. The molecule has 0 spiro atoms. The molecule has 0 aliphatic carbocycles. The van der Waals surface area contributed by atoms with E-state index < -0.39 is 16.1 Å². The van der Waals surface area contributed by atoms with Crippen molar-refractivity contribution in [2.45, 2.75) is 38.7 Å². The van der Waals surface area contributed by atoms with Crippen LogP contribution in [0, 0.1) is 0 Å². The second-order valence-corrected chi connectivity index (χ2v) is 9.46. The van der Waals surface area contributed by atoms with Gasteiger partial charge in [0.15, 0.2) is 6.10 Å². The second-order valence-electron chi connectivity index (χ2n) is 7.55. The number of para-hydroxylation sites is 3. The molecule has 31 heavy (non-hydrogen) atoms. The molecule has 168 valence electrons. The van der Waals surface area contributed by atoms with Crippen molar-refractivity contribution in [3.05, 3.63) is 54.1 Å². The van der Waals surface area contributed by atoms with Gasteiger partial charge in [0.05, 0.1) is 18.6 Å². The molecule has 8 heteroatoms. The first kappa shape index (κ1) is 22.9. The zero-order valence-corrected chi connectivity index (χ0v) is 18.9. The molecule has 0 bridgehead atoms. The smallest absolute Gasteiger partial charge is 0.261 e. The zero-order chi connectivity index (χ0) is 22.3. The molecule has 1 heterocycles. The Labute approximate surface area is 184 Å². The number of amides is 1. The molecule has 0 unspecified atom stereocenters. The van der Waals surface area contributed by atoms with E-state index in [1.165, 1.54) is 4.31 Å². The summed E-state index contributed by atoms with van der Waals surface area (Å²) >= 11 is 0. The summed E-state index contributed by atoms with van der Waals surface area (Å²) in [6.07, 6.45) is 3.19. The third-order valence-corrected chi connectivity index (χ3v) is 6.23. The lowest BCUT2D eigenvalue weighted by atomic mass is 10.1. The highest BCUT2D eigenvalue weighted by atomic mass is 32.2. The second kappa shape index (κ2) is 10.5. The van der Waals surface area contributed by atoms with Crippen LogP contribution in [0.1, 0.15) is 31.7 Å². The molecule has 0 saturated heterocycles. The van der Waals surface area contributed by atoms with Crippen molar-refractivity contribution in [1.82, 2.24) is 5.32 Å². The Balaban J connectivity index is 1.56. The predicted octanol–water partition coefficient (Wildman–Crippen LogP) is 3.14. The Bertz CT molecular complexity index is 993. The first-order chi connectivity index (χ1) is 14.9. The number of sulfonamides is 1. The number of hydrogen-bond donors (Lipinski definition) is 1. The minimum absolute atomic E-state index is 0.191. The Morgan fingerprint density at radius 3 is 2.71 bits per heavy atom. The van der Waals surface area contributed by atoms with Gasteiger partial charge in [-0.25, -0.2) is 8.42 Å². The number of hydrogen-bond acceptors (Lipinski definition) is 5. The normalized spacial score (nSPS) is 16.1. The number of nitrogens with one attached hydrogen (secondary N) is 1. The van der Waals surface area contributed by atoms with Crippen molar-refractivity contribution in [1.29, 1.82) is 0 Å². The lowest BCUT2D eigenvalue weighted by Crippen LogP contribution is -2.40. The van der Waals surface area contributed by atoms with Crippen molar-refractivity contribution >= 4 is 21.6 Å². The van der Waals surface area contributed by atoms with Crippen molar-refractivity contribution in [2.75, 3.05) is 30.3 Å². The minimum Gasteiger partial charge on any atom is -0.493 e. The number of nitrogens with zero attached hydrogens (tertiary/aromatic N) is 1. The Hall–Kier alpha value is -2.74. The number of ether oxygens (including phenoxy) is 2. The van der Waals surface area contributed by atoms with Gasteiger partial charge in [-0.3, -0.25) is 9.10 Å². The molecule has 2 aromatic carbocycles. The van der Waals surface area contributed by atoms with Crippen LogP contribution in [0.2, 0.25) is 0 Å². The van der Waals surface area contributed by atoms with Crippen LogP contribution in [0.4, 0.5) is 5.69 Å². The molecule has 1 N–H and O–H groups in total. The maximum absolute atomic E-state index is 12.7. The van der Waals surface area contributed by atoms with Gasteiger partial charge in [-0.1, -0.05) is 37.3 Å². The van der Waals surface area contributed by atoms with Crippen LogP contribution in [0.5, 0.6) is 11.5 Å². The van der Waals surface area contributed by atoms with Crippen LogP contribution < -0.4 is 19.1 Å². The van der Waals surface area contributed by atoms with Crippen molar-refractivity contribution in [3.8, 4) is 11.5 Å². The lowest BCUT2D eigenvalue weighted by molar-refractivity contribution is -0.128. The molecule has 3 rings (SSSR count). The van der Waals surface area contributed by atoms with Crippen LogP contribution in [-0.4, -0.2) is 46.4 Å². The Morgan fingerprint density at radius 2 is 1.94 bits per heavy atom. The van der Waals surface area contributed by atoms with E-state index in [2.05, 4.69) is 12.2 Å². The number of rotatable bonds is 9. The summed E-state index contributed by atoms with van der Waals surface area (Å²) < 4.78 is 37.3. The summed E-state index contributed by atoms with van der Waals surface area (Å²) in [6.45, 7) is 3.44. The number of benzene rings is 2. The van der Waals surface area contributed by atoms with Crippen LogP contribution in [0.3, 0.4) is 0 Å². The maximum atomic E-state index is 12.7. The van der Waals surface area contributed by atoms with Gasteiger partial charge in [-0.05, 0) is 43.0 Å². The summed E-state index contributed by atoms with van der Waals surface area (Å²) in [5.41, 5.74) is 1.58. The van der Waals surface area contributed by atoms with Gasteiger partial charge in [-0.15, -0.1) is 0 Å². The van der Waals surface area contributed by atoms with E-state index in [4.69, 9.17) is 9.47 Å². The van der Waals surface area contributed by atoms with E-state index in [0.29, 0.717) is 24.6 Å². The van der Waals surface area contributed by atoms with Crippen molar-refractivity contribution in [3.63, 3.8) is 0 Å². The molecule has 0 saturated carbocycles. The summed E-state index contributed by atoms with van der Waals surface area (Å²) in [6, 6.07) is 14.8. The maximum Gasteiger partial charge on any atom is 0.261 e. The standard InChI is InChI=1S/C23H30N2O5S/c1-3-17-29-20-12-6-4-9-18(20)10-8-15-24-23(26)22-14-16-25(31(2,27)28)19-11-5-7-13-21(19)30-22/h4-7,9,11-13,22H,3,8,10,14-17H2,1-2H3,(H,24,26)/t22-/m1/s1. The van der Waals surface area contributed by atoms with Gasteiger partial charge < -0.3 is 14.8 Å². The summed E-state index contributed by atoms with van der Waals surface area (Å²) in [5.74, 6) is 1.05. The van der Waals surface area contributed by atoms with Gasteiger partial charge in [0.25, 0.3) is 5.91 Å². The largest absolute Gasteiger partial charge is 0.493 e. The summed E-state index contributed by atoms with van der Waals surface area (Å²) in [7, 11) is -3.46. The van der Waals surface area contributed by atoms with Crippen LogP contribution in [-0.2, 0) is 21.2 Å². The molecule has 7 nitrogen and oxygen atoms in total. The van der Waals surface area contributed by atoms with Crippen LogP contribution in [0.25, 0.3) is 0 Å². The first-order valence-electron chi connectivity index (χ1n) is 10.6. The fourth-order valence-corrected chi connectivity index (χ4v) is 4.47. The van der Waals surface area contributed by atoms with Crippen LogP contribution >= 0.6 is 0 Å². The average Bonchev–Trinajstić information content (AvgIpc) is 2.95. The number of fused-ring (bicyclic) bond motifs is 1. The van der Waals surface area contributed by atoms with E-state index >= 15 is 0 Å². The number of carbonyl (C=O) groups is 1. The highest BCUT2D eigenvalue weighted by Gasteiger charge is 2.30. The van der Waals surface area contributed by atoms with Crippen LogP contribution in [0.15, 0.2) is 48.5 Å². The summed E-state index contributed by atoms with van der Waals surface area (Å²) in [5, 5.41) is 2.92. The molecule has 1 aliphatic heterocycles. The molecule has 0 fully saturated rings. The molecular formula is C23H30N2O5S. The molecule has 0 aromatic heterocycles. The predicted molar refractivity (Wildman–Crippen MR) is 121 cm³/mol. The van der Waals surface area contributed by atoms with E-state index in [-0.39, 0.29) is 18.9 Å². The summed E-state index contributed by atoms with van der Waals surface area (Å²) in [4.78, 5) is 12.7. The lowest BCUT2D eigenvalue weighted by Gasteiger charge is -2.20. The van der Waals surface area contributed by atoms with Gasteiger partial charge in [0, 0.05) is 19.5 Å². The third-order valence-electron chi connectivity index (χ3n) is 5.05. The highest BCUT2D eigenvalue weighted by molar-refractivity contribution is 7.92. The van der Waals surface area contributed by atoms with Gasteiger partial charge in [0.2, 0.25) is 10.0 Å². The topological polar surface area (TPSA) is 84.9 Å². The molecule has 2 aromatic rings.